The van der Waals surface area contributed by atoms with Gasteiger partial charge in [-0.1, -0.05) is 72.8 Å². The van der Waals surface area contributed by atoms with E-state index >= 15 is 0 Å². The molecule has 0 heterocycles. The van der Waals surface area contributed by atoms with E-state index in [0.29, 0.717) is 16.1 Å². The van der Waals surface area contributed by atoms with Gasteiger partial charge in [0.1, 0.15) is 10.9 Å². The SMILES string of the molecule is O=C(Nc1ccc(SC(C(=O)Nc2ccccc2C(F)(F)F)c2ccccc2)cc1)/C(=C/c1ccccc1[N+](=O)[O-])NC(=O)c1ccccc1. The van der Waals surface area contributed by atoms with Gasteiger partial charge in [0.2, 0.25) is 5.91 Å². The first-order chi connectivity index (χ1) is 24.0. The summed E-state index contributed by atoms with van der Waals surface area (Å²) in [6.07, 6.45) is -3.47. The lowest BCUT2D eigenvalue weighted by molar-refractivity contribution is -0.385. The second-order valence-electron chi connectivity index (χ2n) is 10.6. The van der Waals surface area contributed by atoms with Gasteiger partial charge >= 0.3 is 6.18 Å². The Labute approximate surface area is 288 Å². The van der Waals surface area contributed by atoms with Crippen molar-refractivity contribution < 1.29 is 32.5 Å². The Bertz CT molecular complexity index is 2040. The van der Waals surface area contributed by atoms with Crippen LogP contribution in [0.25, 0.3) is 6.08 Å². The number of amides is 3. The molecule has 5 aromatic carbocycles. The van der Waals surface area contributed by atoms with Crippen LogP contribution in [-0.2, 0) is 15.8 Å². The molecule has 0 bridgehead atoms. The molecule has 0 aliphatic carbocycles. The number of benzene rings is 5. The Morgan fingerprint density at radius 2 is 1.34 bits per heavy atom. The highest BCUT2D eigenvalue weighted by Gasteiger charge is 2.34. The minimum atomic E-state index is -4.67. The molecule has 252 valence electrons. The van der Waals surface area contributed by atoms with Crippen molar-refractivity contribution in [3.63, 3.8) is 0 Å². The lowest BCUT2D eigenvalue weighted by atomic mass is 10.1. The molecule has 0 fully saturated rings. The molecular formula is C37H27F3N4O5S. The number of hydrogen-bond donors (Lipinski definition) is 3. The maximum Gasteiger partial charge on any atom is 0.418 e. The summed E-state index contributed by atoms with van der Waals surface area (Å²) < 4.78 is 40.8. The fraction of sp³-hybridized carbons (Fsp3) is 0.0541. The Balaban J connectivity index is 1.37. The minimum Gasteiger partial charge on any atom is -0.324 e. The van der Waals surface area contributed by atoms with E-state index in [0.717, 1.165) is 17.8 Å². The maximum atomic E-state index is 13.6. The summed E-state index contributed by atoms with van der Waals surface area (Å²) in [6, 6.07) is 33.4. The van der Waals surface area contributed by atoms with Gasteiger partial charge in [-0.05, 0) is 66.2 Å². The van der Waals surface area contributed by atoms with E-state index < -0.39 is 39.6 Å². The van der Waals surface area contributed by atoms with Crippen LogP contribution in [0.15, 0.2) is 144 Å². The van der Waals surface area contributed by atoms with E-state index in [2.05, 4.69) is 16.0 Å². The summed E-state index contributed by atoms with van der Waals surface area (Å²) in [5, 5.41) is 18.3. The number of alkyl halides is 3. The lowest BCUT2D eigenvalue weighted by Crippen LogP contribution is -2.30. The molecule has 5 rings (SSSR count). The highest BCUT2D eigenvalue weighted by molar-refractivity contribution is 8.00. The number of nitrogens with one attached hydrogen (secondary N) is 3. The number of para-hydroxylation sites is 2. The Morgan fingerprint density at radius 3 is 2.00 bits per heavy atom. The van der Waals surface area contributed by atoms with Crippen LogP contribution in [0.4, 0.5) is 30.2 Å². The predicted molar refractivity (Wildman–Crippen MR) is 185 cm³/mol. The molecule has 0 aromatic heterocycles. The van der Waals surface area contributed by atoms with Crippen LogP contribution in [0.2, 0.25) is 0 Å². The summed E-state index contributed by atoms with van der Waals surface area (Å²) in [5.41, 5.74) is -0.676. The Hall–Kier alpha value is -6.21. The van der Waals surface area contributed by atoms with Crippen molar-refractivity contribution in [1.82, 2.24) is 5.32 Å². The molecule has 0 saturated heterocycles. The third-order valence-electron chi connectivity index (χ3n) is 7.16. The van der Waals surface area contributed by atoms with E-state index in [9.17, 15) is 37.7 Å². The van der Waals surface area contributed by atoms with Crippen LogP contribution >= 0.6 is 11.8 Å². The van der Waals surface area contributed by atoms with Gasteiger partial charge in [-0.15, -0.1) is 11.8 Å². The van der Waals surface area contributed by atoms with Gasteiger partial charge in [0.25, 0.3) is 17.5 Å². The van der Waals surface area contributed by atoms with E-state index in [4.69, 9.17) is 0 Å². The molecule has 5 aromatic rings. The lowest BCUT2D eigenvalue weighted by Gasteiger charge is -2.19. The zero-order chi connectivity index (χ0) is 35.7. The zero-order valence-electron chi connectivity index (χ0n) is 25.9. The Morgan fingerprint density at radius 1 is 0.740 bits per heavy atom. The first kappa shape index (κ1) is 35.1. The standard InChI is InChI=1S/C37H27F3N4O5S/c38-37(39,40)29-16-8-9-17-30(29)42-36(47)33(24-11-3-1-4-12-24)50-28-21-19-27(20-22-28)41-35(46)31(43-34(45)25-13-5-2-6-14-25)23-26-15-7-10-18-32(26)44(48)49/h1-23,33H,(H,41,46)(H,42,47)(H,43,45)/b31-23-. The summed E-state index contributed by atoms with van der Waals surface area (Å²) >= 11 is 1.09. The first-order valence-electron chi connectivity index (χ1n) is 14.9. The van der Waals surface area contributed by atoms with Crippen molar-refractivity contribution in [1.29, 1.82) is 0 Å². The van der Waals surface area contributed by atoms with Gasteiger partial charge in [0.05, 0.1) is 21.7 Å². The molecule has 13 heteroatoms. The van der Waals surface area contributed by atoms with Crippen LogP contribution in [0.5, 0.6) is 0 Å². The second-order valence-corrected chi connectivity index (χ2v) is 11.8. The van der Waals surface area contributed by atoms with Crippen LogP contribution in [0.1, 0.15) is 32.3 Å². The number of halogens is 3. The van der Waals surface area contributed by atoms with Crippen molar-refractivity contribution in [2.45, 2.75) is 16.3 Å². The average molecular weight is 697 g/mol. The number of nitro benzene ring substituents is 1. The zero-order valence-corrected chi connectivity index (χ0v) is 26.7. The molecule has 3 N–H and O–H groups in total. The fourth-order valence-corrected chi connectivity index (χ4v) is 5.79. The van der Waals surface area contributed by atoms with Crippen LogP contribution in [0.3, 0.4) is 0 Å². The third kappa shape index (κ3) is 9.02. The number of carbonyl (C=O) groups excluding carboxylic acids is 3. The molecular weight excluding hydrogens is 669 g/mol. The van der Waals surface area contributed by atoms with Gasteiger partial charge in [-0.3, -0.25) is 24.5 Å². The molecule has 0 spiro atoms. The molecule has 9 nitrogen and oxygen atoms in total. The van der Waals surface area contributed by atoms with Crippen molar-refractivity contribution >= 4 is 52.6 Å². The normalized spacial score (nSPS) is 12.0. The summed E-state index contributed by atoms with van der Waals surface area (Å²) in [7, 11) is 0. The minimum absolute atomic E-state index is 0.0887. The van der Waals surface area contributed by atoms with Crippen molar-refractivity contribution in [3.8, 4) is 0 Å². The third-order valence-corrected chi connectivity index (χ3v) is 8.43. The smallest absolute Gasteiger partial charge is 0.324 e. The largest absolute Gasteiger partial charge is 0.418 e. The molecule has 3 amide bonds. The molecule has 0 radical (unpaired) electrons. The first-order valence-corrected chi connectivity index (χ1v) is 15.8. The number of carbonyl (C=O) groups is 3. The van der Waals surface area contributed by atoms with Crippen molar-refractivity contribution in [2.24, 2.45) is 0 Å². The summed E-state index contributed by atoms with van der Waals surface area (Å²) in [6.45, 7) is 0. The molecule has 0 saturated carbocycles. The number of rotatable bonds is 11. The quantitative estimate of drug-likeness (QED) is 0.0550. The van der Waals surface area contributed by atoms with E-state index in [1.165, 1.54) is 42.5 Å². The van der Waals surface area contributed by atoms with Crippen LogP contribution in [-0.4, -0.2) is 22.6 Å². The molecule has 1 atom stereocenters. The molecule has 50 heavy (non-hydrogen) atoms. The van der Waals surface area contributed by atoms with Crippen LogP contribution in [0, 0.1) is 10.1 Å². The van der Waals surface area contributed by atoms with Gasteiger partial charge in [-0.2, -0.15) is 13.2 Å². The summed E-state index contributed by atoms with van der Waals surface area (Å²) in [4.78, 5) is 51.5. The second kappa shape index (κ2) is 15.8. The number of hydrogen-bond acceptors (Lipinski definition) is 6. The maximum absolute atomic E-state index is 13.6. The van der Waals surface area contributed by atoms with Crippen molar-refractivity contribution in [2.75, 3.05) is 10.6 Å². The predicted octanol–water partition coefficient (Wildman–Crippen LogP) is 8.50. The highest BCUT2D eigenvalue weighted by Crippen LogP contribution is 2.39. The molecule has 0 aliphatic heterocycles. The number of nitro groups is 1. The van der Waals surface area contributed by atoms with Crippen LogP contribution < -0.4 is 16.0 Å². The van der Waals surface area contributed by atoms with Gasteiger partial charge in [0, 0.05) is 22.2 Å². The number of anilines is 2. The van der Waals surface area contributed by atoms with Gasteiger partial charge in [0.15, 0.2) is 0 Å². The van der Waals surface area contributed by atoms with Gasteiger partial charge < -0.3 is 16.0 Å². The van der Waals surface area contributed by atoms with Gasteiger partial charge in [-0.25, -0.2) is 0 Å². The van der Waals surface area contributed by atoms with E-state index in [-0.39, 0.29) is 28.2 Å². The number of nitrogens with zero attached hydrogens (tertiary/aromatic N) is 1. The summed E-state index contributed by atoms with van der Waals surface area (Å²) in [5.74, 6) is -2.05. The van der Waals surface area contributed by atoms with E-state index in [1.54, 1.807) is 91.0 Å². The fourth-order valence-electron chi connectivity index (χ4n) is 4.76. The highest BCUT2D eigenvalue weighted by atomic mass is 32.2. The topological polar surface area (TPSA) is 130 Å². The molecule has 0 aliphatic rings. The van der Waals surface area contributed by atoms with E-state index in [1.807, 2.05) is 0 Å². The average Bonchev–Trinajstić information content (AvgIpc) is 3.11. The van der Waals surface area contributed by atoms with Crippen molar-refractivity contribution in [3.05, 3.63) is 172 Å². The number of thioether (sulfide) groups is 1. The monoisotopic (exact) mass is 696 g/mol. The molecule has 1 unspecified atom stereocenters. The Kier molecular flexibility index (Phi) is 11.1.